The SMILES string of the molecule is COCO[C@H]1CCC[C@]23O[C@H]2C(=O)CC[C@]13C. The van der Waals surface area contributed by atoms with Gasteiger partial charge in [-0.1, -0.05) is 6.92 Å². The summed E-state index contributed by atoms with van der Waals surface area (Å²) in [6.07, 6.45) is 4.67. The summed E-state index contributed by atoms with van der Waals surface area (Å²) in [4.78, 5) is 11.8. The Morgan fingerprint density at radius 3 is 3.06 bits per heavy atom. The smallest absolute Gasteiger partial charge is 0.164 e. The first kappa shape index (κ1) is 11.6. The monoisotopic (exact) mass is 240 g/mol. The van der Waals surface area contributed by atoms with Crippen molar-refractivity contribution in [2.24, 2.45) is 5.41 Å². The lowest BCUT2D eigenvalue weighted by Gasteiger charge is -2.47. The van der Waals surface area contributed by atoms with Crippen molar-refractivity contribution >= 4 is 5.78 Å². The number of rotatable bonds is 3. The van der Waals surface area contributed by atoms with Crippen LogP contribution < -0.4 is 0 Å². The number of carbonyl (C=O) groups excluding carboxylic acids is 1. The van der Waals surface area contributed by atoms with Crippen molar-refractivity contribution in [2.45, 2.75) is 56.8 Å². The van der Waals surface area contributed by atoms with Crippen LogP contribution in [0.5, 0.6) is 0 Å². The van der Waals surface area contributed by atoms with Crippen molar-refractivity contribution < 1.29 is 19.0 Å². The molecule has 0 radical (unpaired) electrons. The number of Topliss-reactive ketones (excluding diaryl/α,β-unsaturated/α-hetero) is 1. The van der Waals surface area contributed by atoms with E-state index in [1.807, 2.05) is 0 Å². The van der Waals surface area contributed by atoms with Gasteiger partial charge in [0, 0.05) is 18.9 Å². The van der Waals surface area contributed by atoms with Gasteiger partial charge < -0.3 is 14.2 Å². The van der Waals surface area contributed by atoms with E-state index in [1.165, 1.54) is 0 Å². The quantitative estimate of drug-likeness (QED) is 0.556. The number of carbonyl (C=O) groups is 1. The number of ether oxygens (including phenoxy) is 3. The first-order chi connectivity index (χ1) is 8.14. The summed E-state index contributed by atoms with van der Waals surface area (Å²) >= 11 is 0. The molecule has 0 unspecified atom stereocenters. The number of ketones is 1. The molecule has 1 spiro atoms. The van der Waals surface area contributed by atoms with Crippen LogP contribution in [-0.4, -0.2) is 37.5 Å². The van der Waals surface area contributed by atoms with Gasteiger partial charge >= 0.3 is 0 Å². The number of hydrogen-bond donors (Lipinski definition) is 0. The molecule has 1 heterocycles. The van der Waals surface area contributed by atoms with Gasteiger partial charge in [-0.15, -0.1) is 0 Å². The topological polar surface area (TPSA) is 48.1 Å². The molecule has 3 rings (SSSR count). The maximum atomic E-state index is 11.8. The predicted octanol–water partition coefficient (Wildman–Crippen LogP) is 1.67. The Kier molecular flexibility index (Phi) is 2.58. The van der Waals surface area contributed by atoms with Crippen molar-refractivity contribution in [3.8, 4) is 0 Å². The molecule has 0 aromatic rings. The highest BCUT2D eigenvalue weighted by Gasteiger charge is 2.74. The number of methoxy groups -OCH3 is 1. The molecule has 96 valence electrons. The Morgan fingerprint density at radius 2 is 2.29 bits per heavy atom. The van der Waals surface area contributed by atoms with Gasteiger partial charge in [0.2, 0.25) is 0 Å². The average Bonchev–Trinajstić information content (AvgIpc) is 3.05. The van der Waals surface area contributed by atoms with Crippen LogP contribution in [0.1, 0.15) is 39.0 Å². The molecule has 2 saturated carbocycles. The predicted molar refractivity (Wildman–Crippen MR) is 60.6 cm³/mol. The van der Waals surface area contributed by atoms with Gasteiger partial charge in [-0.3, -0.25) is 4.79 Å². The third-order valence-corrected chi connectivity index (χ3v) is 4.96. The van der Waals surface area contributed by atoms with Gasteiger partial charge in [0.15, 0.2) is 5.78 Å². The third kappa shape index (κ3) is 1.44. The highest BCUT2D eigenvalue weighted by atomic mass is 16.7. The van der Waals surface area contributed by atoms with Crippen molar-refractivity contribution in [1.29, 1.82) is 0 Å². The summed E-state index contributed by atoms with van der Waals surface area (Å²) in [6.45, 7) is 2.55. The Hall–Kier alpha value is -0.450. The molecule has 4 atom stereocenters. The van der Waals surface area contributed by atoms with Crippen molar-refractivity contribution in [3.05, 3.63) is 0 Å². The summed E-state index contributed by atoms with van der Waals surface area (Å²) in [5.74, 6) is 0.287. The van der Waals surface area contributed by atoms with Gasteiger partial charge in [0.1, 0.15) is 18.5 Å². The standard InChI is InChI=1S/C13H20O4/c1-12-7-5-9(14)11-13(12,17-11)6-3-4-10(12)16-8-15-2/h10-11H,3-8H2,1-2H3/t10-,11-,12+,13-/m0/s1. The largest absolute Gasteiger partial charge is 0.359 e. The fraction of sp³-hybridized carbons (Fsp3) is 0.923. The molecular formula is C13H20O4. The molecule has 0 aromatic carbocycles. The summed E-state index contributed by atoms with van der Waals surface area (Å²) < 4.78 is 16.6. The molecule has 0 amide bonds. The lowest BCUT2D eigenvalue weighted by Crippen LogP contribution is -2.54. The van der Waals surface area contributed by atoms with Gasteiger partial charge in [-0.25, -0.2) is 0 Å². The molecule has 0 bridgehead atoms. The normalized spacial score (nSPS) is 48.5. The van der Waals surface area contributed by atoms with Crippen LogP contribution in [0.3, 0.4) is 0 Å². The second-order valence-corrected chi connectivity index (χ2v) is 5.73. The second kappa shape index (κ2) is 3.77. The fourth-order valence-corrected chi connectivity index (χ4v) is 3.86. The summed E-state index contributed by atoms with van der Waals surface area (Å²) in [5.41, 5.74) is -0.221. The van der Waals surface area contributed by atoms with Gasteiger partial charge in [-0.05, 0) is 25.7 Å². The zero-order chi connectivity index (χ0) is 12.1. The molecule has 0 N–H and O–H groups in total. The lowest BCUT2D eigenvalue weighted by molar-refractivity contribution is -0.157. The van der Waals surface area contributed by atoms with Gasteiger partial charge in [-0.2, -0.15) is 0 Å². The van der Waals surface area contributed by atoms with E-state index in [1.54, 1.807) is 7.11 Å². The average molecular weight is 240 g/mol. The molecule has 4 nitrogen and oxygen atoms in total. The van der Waals surface area contributed by atoms with E-state index < -0.39 is 0 Å². The van der Waals surface area contributed by atoms with Crippen LogP contribution in [0.15, 0.2) is 0 Å². The summed E-state index contributed by atoms with van der Waals surface area (Å²) in [7, 11) is 1.64. The Bertz CT molecular complexity index is 342. The van der Waals surface area contributed by atoms with Gasteiger partial charge in [0.25, 0.3) is 0 Å². The Balaban J connectivity index is 1.83. The molecule has 2 aliphatic carbocycles. The third-order valence-electron chi connectivity index (χ3n) is 4.96. The molecule has 1 aliphatic heterocycles. The van der Waals surface area contributed by atoms with E-state index in [0.717, 1.165) is 25.7 Å². The molecule has 4 heteroatoms. The van der Waals surface area contributed by atoms with Crippen LogP contribution in [-0.2, 0) is 19.0 Å². The highest BCUT2D eigenvalue weighted by Crippen LogP contribution is 2.64. The minimum absolute atomic E-state index is 0.0116. The number of hydrogen-bond acceptors (Lipinski definition) is 4. The van der Waals surface area contributed by atoms with E-state index in [4.69, 9.17) is 14.2 Å². The van der Waals surface area contributed by atoms with E-state index in [0.29, 0.717) is 13.2 Å². The van der Waals surface area contributed by atoms with Crippen LogP contribution in [0.2, 0.25) is 0 Å². The minimum atomic E-state index is -0.209. The molecule has 17 heavy (non-hydrogen) atoms. The van der Waals surface area contributed by atoms with E-state index in [-0.39, 0.29) is 29.0 Å². The van der Waals surface area contributed by atoms with E-state index in [9.17, 15) is 4.79 Å². The van der Waals surface area contributed by atoms with Gasteiger partial charge in [0.05, 0.1) is 6.10 Å². The lowest BCUT2D eigenvalue weighted by atomic mass is 9.58. The van der Waals surface area contributed by atoms with Crippen molar-refractivity contribution in [1.82, 2.24) is 0 Å². The van der Waals surface area contributed by atoms with Crippen LogP contribution in [0.4, 0.5) is 0 Å². The molecule has 1 saturated heterocycles. The second-order valence-electron chi connectivity index (χ2n) is 5.73. The first-order valence-corrected chi connectivity index (χ1v) is 6.45. The maximum Gasteiger partial charge on any atom is 0.164 e. The van der Waals surface area contributed by atoms with Crippen LogP contribution >= 0.6 is 0 Å². The fourth-order valence-electron chi connectivity index (χ4n) is 3.86. The molecule has 3 fully saturated rings. The van der Waals surface area contributed by atoms with Crippen LogP contribution in [0, 0.1) is 5.41 Å². The zero-order valence-electron chi connectivity index (χ0n) is 10.5. The summed E-state index contributed by atoms with van der Waals surface area (Å²) in [6, 6.07) is 0. The van der Waals surface area contributed by atoms with Crippen molar-refractivity contribution in [3.63, 3.8) is 0 Å². The van der Waals surface area contributed by atoms with Crippen molar-refractivity contribution in [2.75, 3.05) is 13.9 Å². The molecule has 0 aromatic heterocycles. The maximum absolute atomic E-state index is 11.8. The number of epoxide rings is 1. The summed E-state index contributed by atoms with van der Waals surface area (Å²) in [5, 5.41) is 0. The Morgan fingerprint density at radius 1 is 1.47 bits per heavy atom. The zero-order valence-corrected chi connectivity index (χ0v) is 10.5. The Labute approximate surface area is 102 Å². The highest BCUT2D eigenvalue weighted by molar-refractivity contribution is 5.88. The molecule has 3 aliphatic rings. The molecular weight excluding hydrogens is 220 g/mol. The first-order valence-electron chi connectivity index (χ1n) is 6.45. The van der Waals surface area contributed by atoms with E-state index >= 15 is 0 Å². The van der Waals surface area contributed by atoms with Crippen LogP contribution in [0.25, 0.3) is 0 Å². The van der Waals surface area contributed by atoms with E-state index in [2.05, 4.69) is 6.92 Å². The minimum Gasteiger partial charge on any atom is -0.359 e.